The highest BCUT2D eigenvalue weighted by molar-refractivity contribution is 6.04. The van der Waals surface area contributed by atoms with E-state index in [4.69, 9.17) is 14.2 Å². The van der Waals surface area contributed by atoms with Gasteiger partial charge in [-0.15, -0.1) is 0 Å². The molecule has 0 fully saturated rings. The van der Waals surface area contributed by atoms with Crippen molar-refractivity contribution in [2.75, 3.05) is 27.4 Å². The molecule has 1 N–H and O–H groups in total. The monoisotopic (exact) mass is 492 g/mol. The number of dihydropyridines is 1. The molecule has 0 saturated carbocycles. The first-order valence-electron chi connectivity index (χ1n) is 11.6. The van der Waals surface area contributed by atoms with Crippen molar-refractivity contribution in [2.45, 2.75) is 31.6 Å². The summed E-state index contributed by atoms with van der Waals surface area (Å²) in [4.78, 5) is 37.8. The molecular formula is C27H28N2O7. The summed E-state index contributed by atoms with van der Waals surface area (Å²) in [5.74, 6) is -0.803. The second kappa shape index (κ2) is 10.7. The summed E-state index contributed by atoms with van der Waals surface area (Å²) in [5.41, 5.74) is 3.37. The molecule has 4 rings (SSSR count). The second-order valence-corrected chi connectivity index (χ2v) is 8.77. The van der Waals surface area contributed by atoms with Gasteiger partial charge >= 0.3 is 5.97 Å². The Morgan fingerprint density at radius 3 is 2.50 bits per heavy atom. The van der Waals surface area contributed by atoms with Crippen LogP contribution in [0.3, 0.4) is 0 Å². The topological polar surface area (TPSA) is 117 Å². The highest BCUT2D eigenvalue weighted by atomic mass is 16.6. The fraction of sp³-hybridized carbons (Fsp3) is 0.333. The number of nitrogens with zero attached hydrogens (tertiary/aromatic N) is 1. The van der Waals surface area contributed by atoms with Gasteiger partial charge in [0.2, 0.25) is 0 Å². The van der Waals surface area contributed by atoms with Gasteiger partial charge in [-0.3, -0.25) is 14.9 Å². The summed E-state index contributed by atoms with van der Waals surface area (Å²) in [6.07, 6.45) is 0.811. The number of non-ortho nitro benzene ring substituents is 1. The van der Waals surface area contributed by atoms with Crippen LogP contribution in [0.25, 0.3) is 0 Å². The first kappa shape index (κ1) is 25.1. The molecule has 0 saturated heterocycles. The molecule has 2 aromatic carbocycles. The van der Waals surface area contributed by atoms with Crippen molar-refractivity contribution in [3.05, 3.63) is 92.3 Å². The van der Waals surface area contributed by atoms with Crippen LogP contribution in [0.4, 0.5) is 5.69 Å². The lowest BCUT2D eigenvalue weighted by Crippen LogP contribution is -2.36. The molecule has 9 nitrogen and oxygen atoms in total. The molecule has 0 amide bonds. The highest BCUT2D eigenvalue weighted by Crippen LogP contribution is 2.46. The number of allylic oxidation sites excluding steroid dienone is 3. The molecule has 36 heavy (non-hydrogen) atoms. The molecule has 1 aliphatic heterocycles. The molecule has 2 aliphatic rings. The third-order valence-electron chi connectivity index (χ3n) is 6.57. The summed E-state index contributed by atoms with van der Waals surface area (Å²) in [6.45, 7) is 2.03. The number of hydrogen-bond donors (Lipinski definition) is 1. The normalized spacial score (nSPS) is 19.5. The predicted molar refractivity (Wildman–Crippen MR) is 132 cm³/mol. The van der Waals surface area contributed by atoms with E-state index in [0.717, 1.165) is 17.0 Å². The zero-order valence-corrected chi connectivity index (χ0v) is 20.4. The lowest BCUT2D eigenvalue weighted by atomic mass is 9.71. The number of nitro benzene ring substituents is 1. The predicted octanol–water partition coefficient (Wildman–Crippen LogP) is 4.15. The van der Waals surface area contributed by atoms with E-state index in [2.05, 4.69) is 5.32 Å². The number of ketones is 1. The van der Waals surface area contributed by atoms with Gasteiger partial charge in [-0.05, 0) is 42.5 Å². The Bertz CT molecular complexity index is 1250. The molecule has 0 aromatic heterocycles. The van der Waals surface area contributed by atoms with E-state index in [1.807, 2.05) is 24.3 Å². The van der Waals surface area contributed by atoms with Crippen LogP contribution in [0.15, 0.2) is 71.1 Å². The number of ether oxygens (including phenoxy) is 3. The van der Waals surface area contributed by atoms with E-state index in [0.29, 0.717) is 23.3 Å². The third-order valence-corrected chi connectivity index (χ3v) is 6.57. The first-order valence-corrected chi connectivity index (χ1v) is 11.6. The number of methoxy groups -OCH3 is 2. The van der Waals surface area contributed by atoms with E-state index >= 15 is 0 Å². The average molecular weight is 493 g/mol. The smallest absolute Gasteiger partial charge is 0.336 e. The number of carbonyl (C=O) groups excluding carboxylic acids is 2. The van der Waals surface area contributed by atoms with Gasteiger partial charge in [0, 0.05) is 48.5 Å². The van der Waals surface area contributed by atoms with Crippen LogP contribution < -0.4 is 10.1 Å². The molecule has 0 bridgehead atoms. The Labute approximate surface area is 208 Å². The van der Waals surface area contributed by atoms with Crippen LogP contribution in [0.1, 0.15) is 42.7 Å². The van der Waals surface area contributed by atoms with Crippen LogP contribution in [0, 0.1) is 10.1 Å². The summed E-state index contributed by atoms with van der Waals surface area (Å²) >= 11 is 0. The van der Waals surface area contributed by atoms with Crippen molar-refractivity contribution in [1.82, 2.24) is 5.32 Å². The Morgan fingerprint density at radius 1 is 1.08 bits per heavy atom. The number of nitrogens with one attached hydrogen (secondary N) is 1. The van der Waals surface area contributed by atoms with Crippen LogP contribution in [0.5, 0.6) is 5.75 Å². The maximum atomic E-state index is 13.6. The lowest BCUT2D eigenvalue weighted by Gasteiger charge is -2.36. The zero-order valence-electron chi connectivity index (χ0n) is 20.4. The fourth-order valence-corrected chi connectivity index (χ4v) is 4.87. The minimum atomic E-state index is -0.777. The molecule has 1 aliphatic carbocycles. The van der Waals surface area contributed by atoms with Gasteiger partial charge in [0.05, 0.1) is 24.2 Å². The molecule has 0 radical (unpaired) electrons. The summed E-state index contributed by atoms with van der Waals surface area (Å²) in [5, 5.41) is 14.7. The molecule has 1 heterocycles. The van der Waals surface area contributed by atoms with Gasteiger partial charge in [-0.25, -0.2) is 4.79 Å². The lowest BCUT2D eigenvalue weighted by molar-refractivity contribution is -0.384. The summed E-state index contributed by atoms with van der Waals surface area (Å²) < 4.78 is 15.6. The Morgan fingerprint density at radius 2 is 1.83 bits per heavy atom. The van der Waals surface area contributed by atoms with Crippen LogP contribution in [-0.2, 0) is 19.1 Å². The van der Waals surface area contributed by atoms with Crippen molar-refractivity contribution in [1.29, 1.82) is 0 Å². The summed E-state index contributed by atoms with van der Waals surface area (Å²) in [6, 6.07) is 13.7. The van der Waals surface area contributed by atoms with E-state index in [-0.39, 0.29) is 42.6 Å². The van der Waals surface area contributed by atoms with E-state index in [9.17, 15) is 19.7 Å². The second-order valence-electron chi connectivity index (χ2n) is 8.77. The molecule has 2 unspecified atom stereocenters. The molecular weight excluding hydrogens is 464 g/mol. The third kappa shape index (κ3) is 5.01. The average Bonchev–Trinajstić information content (AvgIpc) is 2.87. The standard InChI is InChI=1S/C27H28N2O7/c1-16-24(27(31)36-12-11-34-2)25(18-5-4-6-20(13-18)29(32)33)26-22(28-16)14-19(15-23(26)30)17-7-9-21(35-3)10-8-17/h4-10,13,19,25,28H,11-12,14-15H2,1-3H3. The van der Waals surface area contributed by atoms with Gasteiger partial charge in [-0.2, -0.15) is 0 Å². The molecule has 9 heteroatoms. The van der Waals surface area contributed by atoms with Crippen molar-refractivity contribution in [3.63, 3.8) is 0 Å². The maximum absolute atomic E-state index is 13.6. The number of Topliss-reactive ketones (excluding diaryl/α,β-unsaturated/α-hetero) is 1. The van der Waals surface area contributed by atoms with Crippen molar-refractivity contribution in [3.8, 4) is 5.75 Å². The number of carbonyl (C=O) groups is 2. The van der Waals surface area contributed by atoms with E-state index < -0.39 is 16.8 Å². The van der Waals surface area contributed by atoms with Gasteiger partial charge in [-0.1, -0.05) is 24.3 Å². The number of hydrogen-bond acceptors (Lipinski definition) is 8. The minimum Gasteiger partial charge on any atom is -0.497 e. The quantitative estimate of drug-likeness (QED) is 0.253. The largest absolute Gasteiger partial charge is 0.497 e. The summed E-state index contributed by atoms with van der Waals surface area (Å²) in [7, 11) is 3.10. The van der Waals surface area contributed by atoms with Crippen molar-refractivity contribution < 1.29 is 28.7 Å². The molecule has 2 aromatic rings. The van der Waals surface area contributed by atoms with Crippen molar-refractivity contribution >= 4 is 17.4 Å². The Balaban J connectivity index is 1.76. The highest BCUT2D eigenvalue weighted by Gasteiger charge is 2.41. The van der Waals surface area contributed by atoms with E-state index in [1.54, 1.807) is 26.2 Å². The number of nitro groups is 1. The SMILES string of the molecule is COCCOC(=O)C1=C(C)NC2=C(C(=O)CC(c3ccc(OC)cc3)C2)C1c1cccc([N+](=O)[O-])c1. The maximum Gasteiger partial charge on any atom is 0.336 e. The van der Waals surface area contributed by atoms with Gasteiger partial charge in [0.25, 0.3) is 5.69 Å². The molecule has 188 valence electrons. The number of esters is 1. The Hall–Kier alpha value is -3.98. The number of benzene rings is 2. The van der Waals surface area contributed by atoms with Gasteiger partial charge < -0.3 is 19.5 Å². The van der Waals surface area contributed by atoms with Crippen LogP contribution in [0.2, 0.25) is 0 Å². The van der Waals surface area contributed by atoms with E-state index in [1.165, 1.54) is 19.2 Å². The first-order chi connectivity index (χ1) is 17.3. The van der Waals surface area contributed by atoms with Crippen LogP contribution >= 0.6 is 0 Å². The molecule has 0 spiro atoms. The minimum absolute atomic E-state index is 0.0488. The zero-order chi connectivity index (χ0) is 25.8. The Kier molecular flexibility index (Phi) is 7.49. The van der Waals surface area contributed by atoms with Crippen LogP contribution in [-0.4, -0.2) is 44.1 Å². The van der Waals surface area contributed by atoms with Gasteiger partial charge in [0.15, 0.2) is 5.78 Å². The van der Waals surface area contributed by atoms with Gasteiger partial charge in [0.1, 0.15) is 12.4 Å². The fourth-order valence-electron chi connectivity index (χ4n) is 4.87. The van der Waals surface area contributed by atoms with Crippen molar-refractivity contribution in [2.24, 2.45) is 0 Å². The molecule has 2 atom stereocenters. The number of rotatable bonds is 8.